The first-order valence-electron chi connectivity index (χ1n) is 6.91. The van der Waals surface area contributed by atoms with Gasteiger partial charge in [-0.3, -0.25) is 0 Å². The van der Waals surface area contributed by atoms with Gasteiger partial charge in [-0.05, 0) is 31.1 Å². The van der Waals surface area contributed by atoms with Crippen LogP contribution in [0.15, 0.2) is 58.9 Å². The van der Waals surface area contributed by atoms with Gasteiger partial charge in [0.15, 0.2) is 11.0 Å². The summed E-state index contributed by atoms with van der Waals surface area (Å²) >= 11 is 1.31. The van der Waals surface area contributed by atoms with E-state index in [1.54, 1.807) is 17.3 Å². The molecule has 0 atom stereocenters. The lowest BCUT2D eigenvalue weighted by molar-refractivity contribution is 0.418. The van der Waals surface area contributed by atoms with Crippen molar-refractivity contribution < 1.29 is 8.78 Å². The van der Waals surface area contributed by atoms with Gasteiger partial charge in [0.2, 0.25) is 0 Å². The minimum atomic E-state index is -1.66. The molecule has 1 aromatic heterocycles. The molecule has 0 amide bonds. The summed E-state index contributed by atoms with van der Waals surface area (Å²) < 4.78 is 24.0. The Labute approximate surface area is 138 Å². The van der Waals surface area contributed by atoms with Gasteiger partial charge >= 0.3 is 0 Å². The first-order chi connectivity index (χ1) is 11.1. The Bertz CT molecular complexity index is 702. The van der Waals surface area contributed by atoms with E-state index in [1.807, 2.05) is 31.2 Å². The summed E-state index contributed by atoms with van der Waals surface area (Å²) in [5, 5.41) is 6.16. The number of halogens is 2. The molecule has 7 heteroatoms. The Hall–Kier alpha value is -2.28. The minimum Gasteiger partial charge on any atom is -0.231 e. The predicted molar refractivity (Wildman–Crippen MR) is 90.5 cm³/mol. The zero-order valence-electron chi connectivity index (χ0n) is 12.6. The molecule has 120 valence electrons. The Morgan fingerprint density at radius 3 is 2.83 bits per heavy atom. The number of thioether (sulfide) groups is 1. The van der Waals surface area contributed by atoms with E-state index < -0.39 is 6.08 Å². The van der Waals surface area contributed by atoms with E-state index >= 15 is 0 Å². The fourth-order valence-electron chi connectivity index (χ4n) is 1.91. The smallest absolute Gasteiger partial charge is 0.231 e. The zero-order chi connectivity index (χ0) is 16.7. The van der Waals surface area contributed by atoms with Crippen molar-refractivity contribution in [2.24, 2.45) is 5.10 Å². The van der Waals surface area contributed by atoms with E-state index in [9.17, 15) is 8.78 Å². The number of para-hydroxylation sites is 1. The Kier molecular flexibility index (Phi) is 6.22. The van der Waals surface area contributed by atoms with Gasteiger partial charge < -0.3 is 0 Å². The average Bonchev–Trinajstić information content (AvgIpc) is 2.54. The van der Waals surface area contributed by atoms with Gasteiger partial charge in [-0.2, -0.15) is 13.9 Å². The number of hydrazone groups is 1. The molecule has 0 radical (unpaired) electrons. The van der Waals surface area contributed by atoms with Gasteiger partial charge in [0.1, 0.15) is 0 Å². The molecule has 0 N–H and O–H groups in total. The van der Waals surface area contributed by atoms with Gasteiger partial charge in [-0.25, -0.2) is 15.0 Å². The largest absolute Gasteiger partial charge is 0.266 e. The molecule has 1 heterocycles. The molecule has 0 aliphatic heterocycles. The zero-order valence-corrected chi connectivity index (χ0v) is 13.4. The van der Waals surface area contributed by atoms with Crippen LogP contribution in [0.25, 0.3) is 0 Å². The first-order valence-corrected chi connectivity index (χ1v) is 7.90. The van der Waals surface area contributed by atoms with Crippen LogP contribution in [0.4, 0.5) is 20.3 Å². The molecule has 2 aromatic rings. The van der Waals surface area contributed by atoms with E-state index in [4.69, 9.17) is 0 Å². The Morgan fingerprint density at radius 2 is 2.13 bits per heavy atom. The van der Waals surface area contributed by atoms with Crippen LogP contribution in [0.3, 0.4) is 0 Å². The molecular weight excluding hydrogens is 318 g/mol. The van der Waals surface area contributed by atoms with Gasteiger partial charge in [-0.1, -0.05) is 30.0 Å². The monoisotopic (exact) mass is 334 g/mol. The van der Waals surface area contributed by atoms with Crippen LogP contribution in [0.2, 0.25) is 0 Å². The fraction of sp³-hybridized carbons (Fsp3) is 0.188. The van der Waals surface area contributed by atoms with Crippen LogP contribution in [-0.2, 0) is 0 Å². The molecule has 1 aromatic carbocycles. The molecule has 0 fully saturated rings. The van der Waals surface area contributed by atoms with Crippen molar-refractivity contribution >= 4 is 30.0 Å². The lowest BCUT2D eigenvalue weighted by atomic mass is 10.2. The van der Waals surface area contributed by atoms with Crippen LogP contribution < -0.4 is 5.01 Å². The molecule has 0 bridgehead atoms. The molecule has 0 aliphatic rings. The average molecular weight is 334 g/mol. The third kappa shape index (κ3) is 4.85. The highest BCUT2D eigenvalue weighted by atomic mass is 32.2. The number of aryl methyl sites for hydroxylation is 1. The van der Waals surface area contributed by atoms with Crippen molar-refractivity contribution in [1.82, 2.24) is 9.97 Å². The maximum Gasteiger partial charge on any atom is 0.266 e. The maximum absolute atomic E-state index is 12.0. The molecule has 23 heavy (non-hydrogen) atoms. The van der Waals surface area contributed by atoms with Crippen LogP contribution in [0.1, 0.15) is 12.0 Å². The minimum absolute atomic E-state index is 0.266. The summed E-state index contributed by atoms with van der Waals surface area (Å²) in [7, 11) is 0. The van der Waals surface area contributed by atoms with Crippen molar-refractivity contribution in [3.8, 4) is 0 Å². The normalized spacial score (nSPS) is 10.2. The molecule has 0 unspecified atom stereocenters. The number of aromatic nitrogens is 2. The number of nitrogens with zero attached hydrogens (tertiary/aromatic N) is 4. The van der Waals surface area contributed by atoms with Crippen LogP contribution >= 0.6 is 11.8 Å². The predicted octanol–water partition coefficient (Wildman–Crippen LogP) is 4.80. The van der Waals surface area contributed by atoms with E-state index in [1.165, 1.54) is 11.8 Å². The maximum atomic E-state index is 12.0. The van der Waals surface area contributed by atoms with Crippen molar-refractivity contribution in [3.63, 3.8) is 0 Å². The molecule has 2 rings (SSSR count). The topological polar surface area (TPSA) is 41.4 Å². The SMILES string of the molecule is C=NN(c1ccnc(SCCC=C(F)F)n1)c1ccccc1C. The van der Waals surface area contributed by atoms with Gasteiger partial charge in [-0.15, -0.1) is 0 Å². The van der Waals surface area contributed by atoms with E-state index in [0.717, 1.165) is 17.3 Å². The summed E-state index contributed by atoms with van der Waals surface area (Å²) in [4.78, 5) is 8.56. The first kappa shape index (κ1) is 17.1. The highest BCUT2D eigenvalue weighted by Crippen LogP contribution is 2.28. The Balaban J connectivity index is 2.16. The molecule has 4 nitrogen and oxygen atoms in total. The lowest BCUT2D eigenvalue weighted by Gasteiger charge is -2.19. The summed E-state index contributed by atoms with van der Waals surface area (Å²) in [5.74, 6) is 1.06. The third-order valence-corrected chi connectivity index (χ3v) is 3.86. The second-order valence-electron chi connectivity index (χ2n) is 4.57. The second kappa shape index (κ2) is 8.38. The van der Waals surface area contributed by atoms with Crippen molar-refractivity contribution in [3.05, 3.63) is 54.2 Å². The van der Waals surface area contributed by atoms with E-state index in [-0.39, 0.29) is 6.42 Å². The molecule has 0 saturated carbocycles. The number of rotatable bonds is 7. The van der Waals surface area contributed by atoms with Crippen LogP contribution in [0, 0.1) is 6.92 Å². The fourth-order valence-corrected chi connectivity index (χ4v) is 2.62. The highest BCUT2D eigenvalue weighted by Gasteiger charge is 2.12. The second-order valence-corrected chi connectivity index (χ2v) is 5.63. The highest BCUT2D eigenvalue weighted by molar-refractivity contribution is 7.99. The molecule has 0 saturated heterocycles. The quantitative estimate of drug-likeness (QED) is 0.240. The van der Waals surface area contributed by atoms with Crippen molar-refractivity contribution in [2.75, 3.05) is 10.8 Å². The number of benzene rings is 1. The lowest BCUT2D eigenvalue weighted by Crippen LogP contribution is -2.11. The third-order valence-electron chi connectivity index (χ3n) is 2.97. The number of allylic oxidation sites excluding steroid dienone is 1. The standard InChI is InChI=1S/C16H16F2N4S/c1-12-6-3-4-7-13(12)22(19-2)15-9-10-20-16(21-15)23-11-5-8-14(17)18/h3-4,6-10H,2,5,11H2,1H3. The molecular formula is C16H16F2N4S. The van der Waals surface area contributed by atoms with Gasteiger partial charge in [0, 0.05) is 24.7 Å². The molecule has 0 aliphatic carbocycles. The van der Waals surface area contributed by atoms with Crippen LogP contribution in [-0.4, -0.2) is 22.4 Å². The number of anilines is 2. The van der Waals surface area contributed by atoms with Crippen molar-refractivity contribution in [1.29, 1.82) is 0 Å². The van der Waals surface area contributed by atoms with E-state index in [2.05, 4.69) is 21.8 Å². The summed E-state index contributed by atoms with van der Waals surface area (Å²) in [6, 6.07) is 9.48. The molecule has 0 spiro atoms. The summed E-state index contributed by atoms with van der Waals surface area (Å²) in [5.41, 5.74) is 1.91. The van der Waals surface area contributed by atoms with Crippen LogP contribution in [0.5, 0.6) is 0 Å². The number of hydrogen-bond donors (Lipinski definition) is 0. The van der Waals surface area contributed by atoms with Gasteiger partial charge in [0.25, 0.3) is 6.08 Å². The van der Waals surface area contributed by atoms with Gasteiger partial charge in [0.05, 0.1) is 5.69 Å². The number of hydrogen-bond acceptors (Lipinski definition) is 5. The summed E-state index contributed by atoms with van der Waals surface area (Å²) in [6.45, 7) is 5.57. The summed E-state index contributed by atoms with van der Waals surface area (Å²) in [6.07, 6.45) is 1.11. The Morgan fingerprint density at radius 1 is 1.35 bits per heavy atom. The van der Waals surface area contributed by atoms with E-state index in [0.29, 0.717) is 16.7 Å². The van der Waals surface area contributed by atoms with Crippen molar-refractivity contribution in [2.45, 2.75) is 18.5 Å².